The zero-order valence-electron chi connectivity index (χ0n) is 15.9. The van der Waals surface area contributed by atoms with E-state index < -0.39 is 35.8 Å². The average molecular weight is 422 g/mol. The van der Waals surface area contributed by atoms with E-state index in [1.807, 2.05) is 0 Å². The molecule has 3 rings (SSSR count). The maximum atomic E-state index is 12.7. The Balaban J connectivity index is 1.62. The molecule has 0 aliphatic carbocycles. The Hall–Kier alpha value is -2.91. The van der Waals surface area contributed by atoms with Crippen LogP contribution in [0.15, 0.2) is 48.5 Å². The van der Waals surface area contributed by atoms with Crippen molar-refractivity contribution in [3.8, 4) is 11.1 Å². The maximum Gasteiger partial charge on any atom is 0.416 e. The lowest BCUT2D eigenvalue weighted by atomic mass is 10.0. The molecule has 2 aromatic carbocycles. The standard InChI is InChI=1S/C21H21F3N2O4/c22-21(23,24)15-7-3-13(4-8-15)14-5-9-16(10-6-14)25-19(29)17(27)18(28)20(30)26-11-1-2-12-26/h3-10,17-18,27-28H,1-2,11-12H2,(H,25,29). The van der Waals surface area contributed by atoms with Crippen molar-refractivity contribution in [1.82, 2.24) is 4.90 Å². The van der Waals surface area contributed by atoms with Gasteiger partial charge >= 0.3 is 6.18 Å². The van der Waals surface area contributed by atoms with Crippen LogP contribution in [0.1, 0.15) is 18.4 Å². The van der Waals surface area contributed by atoms with Crippen LogP contribution in [0.4, 0.5) is 18.9 Å². The molecule has 1 aliphatic rings. The minimum atomic E-state index is -4.41. The van der Waals surface area contributed by atoms with Crippen molar-refractivity contribution in [2.75, 3.05) is 18.4 Å². The molecule has 9 heteroatoms. The molecule has 6 nitrogen and oxygen atoms in total. The van der Waals surface area contributed by atoms with Gasteiger partial charge in [-0.15, -0.1) is 0 Å². The van der Waals surface area contributed by atoms with Gasteiger partial charge in [-0.25, -0.2) is 0 Å². The molecule has 1 aliphatic heterocycles. The fraction of sp³-hybridized carbons (Fsp3) is 0.333. The van der Waals surface area contributed by atoms with Gasteiger partial charge in [-0.2, -0.15) is 13.2 Å². The number of carbonyl (C=O) groups excluding carboxylic acids is 2. The van der Waals surface area contributed by atoms with Crippen molar-refractivity contribution in [2.24, 2.45) is 0 Å². The maximum absolute atomic E-state index is 12.7. The Morgan fingerprint density at radius 2 is 1.37 bits per heavy atom. The van der Waals surface area contributed by atoms with Crippen LogP contribution < -0.4 is 5.32 Å². The summed E-state index contributed by atoms with van der Waals surface area (Å²) < 4.78 is 38.0. The smallest absolute Gasteiger partial charge is 0.380 e. The minimum Gasteiger partial charge on any atom is -0.380 e. The van der Waals surface area contributed by atoms with Gasteiger partial charge in [0, 0.05) is 18.8 Å². The summed E-state index contributed by atoms with van der Waals surface area (Å²) in [5.74, 6) is -1.62. The summed E-state index contributed by atoms with van der Waals surface area (Å²) in [6.45, 7) is 0.964. The first-order valence-electron chi connectivity index (χ1n) is 9.40. The number of aliphatic hydroxyl groups is 2. The number of rotatable bonds is 5. The number of hydrogen-bond acceptors (Lipinski definition) is 4. The van der Waals surface area contributed by atoms with Crippen LogP contribution in [0.3, 0.4) is 0 Å². The van der Waals surface area contributed by atoms with Gasteiger partial charge in [-0.05, 0) is 48.2 Å². The zero-order valence-corrected chi connectivity index (χ0v) is 15.9. The Bertz CT molecular complexity index is 892. The number of amides is 2. The second kappa shape index (κ2) is 8.85. The molecule has 0 radical (unpaired) electrons. The number of benzene rings is 2. The zero-order chi connectivity index (χ0) is 21.9. The Morgan fingerprint density at radius 3 is 1.87 bits per heavy atom. The highest BCUT2D eigenvalue weighted by molar-refractivity contribution is 5.98. The highest BCUT2D eigenvalue weighted by atomic mass is 19.4. The summed E-state index contributed by atoms with van der Waals surface area (Å²) in [5.41, 5.74) is 0.751. The minimum absolute atomic E-state index is 0.301. The fourth-order valence-corrected chi connectivity index (χ4v) is 3.22. The first-order valence-corrected chi connectivity index (χ1v) is 9.40. The van der Waals surface area contributed by atoms with E-state index in [0.717, 1.165) is 25.0 Å². The molecule has 1 fully saturated rings. The van der Waals surface area contributed by atoms with Crippen LogP contribution in [-0.2, 0) is 15.8 Å². The van der Waals surface area contributed by atoms with E-state index in [0.29, 0.717) is 29.9 Å². The van der Waals surface area contributed by atoms with Gasteiger partial charge in [-0.1, -0.05) is 24.3 Å². The van der Waals surface area contributed by atoms with E-state index in [9.17, 15) is 33.0 Å². The topological polar surface area (TPSA) is 89.9 Å². The summed E-state index contributed by atoms with van der Waals surface area (Å²) in [4.78, 5) is 25.7. The van der Waals surface area contributed by atoms with Crippen LogP contribution >= 0.6 is 0 Å². The number of likely N-dealkylation sites (tertiary alicyclic amines) is 1. The van der Waals surface area contributed by atoms with Crippen molar-refractivity contribution in [2.45, 2.75) is 31.2 Å². The van der Waals surface area contributed by atoms with Crippen LogP contribution in [0.2, 0.25) is 0 Å². The van der Waals surface area contributed by atoms with E-state index in [2.05, 4.69) is 5.32 Å². The number of carbonyl (C=O) groups is 2. The van der Waals surface area contributed by atoms with Crippen molar-refractivity contribution < 1.29 is 33.0 Å². The van der Waals surface area contributed by atoms with Gasteiger partial charge < -0.3 is 20.4 Å². The summed E-state index contributed by atoms with van der Waals surface area (Å²) in [5, 5.41) is 22.4. The average Bonchev–Trinajstić information content (AvgIpc) is 3.27. The molecule has 0 spiro atoms. The molecule has 30 heavy (non-hydrogen) atoms. The van der Waals surface area contributed by atoms with Gasteiger partial charge in [-0.3, -0.25) is 9.59 Å². The molecule has 2 unspecified atom stereocenters. The predicted molar refractivity (Wildman–Crippen MR) is 103 cm³/mol. The highest BCUT2D eigenvalue weighted by Crippen LogP contribution is 2.31. The Labute approximate surface area is 170 Å². The molecule has 0 saturated carbocycles. The van der Waals surface area contributed by atoms with E-state index >= 15 is 0 Å². The molecule has 2 aromatic rings. The van der Waals surface area contributed by atoms with Crippen LogP contribution in [-0.4, -0.2) is 52.2 Å². The second-order valence-electron chi connectivity index (χ2n) is 7.06. The second-order valence-corrected chi connectivity index (χ2v) is 7.06. The van der Waals surface area contributed by atoms with Gasteiger partial charge in [0.15, 0.2) is 12.2 Å². The molecule has 0 bridgehead atoms. The number of alkyl halides is 3. The molecule has 0 aromatic heterocycles. The summed E-state index contributed by atoms with van der Waals surface area (Å²) in [7, 11) is 0. The molecular formula is C21H21F3N2O4. The van der Waals surface area contributed by atoms with Crippen molar-refractivity contribution in [3.05, 3.63) is 54.1 Å². The fourth-order valence-electron chi connectivity index (χ4n) is 3.22. The normalized spacial score (nSPS) is 16.2. The van der Waals surface area contributed by atoms with E-state index in [4.69, 9.17) is 0 Å². The SMILES string of the molecule is O=C(Nc1ccc(-c2ccc(C(F)(F)F)cc2)cc1)C(O)C(O)C(=O)N1CCCC1. The van der Waals surface area contributed by atoms with Crippen molar-refractivity contribution >= 4 is 17.5 Å². The largest absolute Gasteiger partial charge is 0.416 e. The Kier molecular flexibility index (Phi) is 6.42. The predicted octanol–water partition coefficient (Wildman–Crippen LogP) is 2.66. The summed E-state index contributed by atoms with van der Waals surface area (Å²) in [6, 6.07) is 10.9. The number of aliphatic hydroxyl groups excluding tert-OH is 2. The Morgan fingerprint density at radius 1 is 0.867 bits per heavy atom. The van der Waals surface area contributed by atoms with E-state index in [1.54, 1.807) is 12.1 Å². The van der Waals surface area contributed by atoms with Gasteiger partial charge in [0.1, 0.15) is 0 Å². The molecule has 2 amide bonds. The van der Waals surface area contributed by atoms with Gasteiger partial charge in [0.25, 0.3) is 11.8 Å². The first-order chi connectivity index (χ1) is 14.2. The lowest BCUT2D eigenvalue weighted by Gasteiger charge is -2.22. The lowest BCUT2D eigenvalue weighted by molar-refractivity contribution is -0.150. The van der Waals surface area contributed by atoms with Crippen LogP contribution in [0.5, 0.6) is 0 Å². The van der Waals surface area contributed by atoms with Crippen molar-refractivity contribution in [3.63, 3.8) is 0 Å². The molecule has 1 heterocycles. The number of anilines is 1. The number of hydrogen-bond donors (Lipinski definition) is 3. The summed E-state index contributed by atoms with van der Waals surface area (Å²) in [6.07, 6.45) is -6.56. The van der Waals surface area contributed by atoms with Crippen LogP contribution in [0.25, 0.3) is 11.1 Å². The molecule has 3 N–H and O–H groups in total. The molecule has 1 saturated heterocycles. The quantitative estimate of drug-likeness (QED) is 0.691. The number of nitrogens with zero attached hydrogens (tertiary/aromatic N) is 1. The number of nitrogens with one attached hydrogen (secondary N) is 1. The molecule has 160 valence electrons. The highest BCUT2D eigenvalue weighted by Gasteiger charge is 2.34. The monoisotopic (exact) mass is 422 g/mol. The third-order valence-corrected chi connectivity index (χ3v) is 4.94. The number of halogens is 3. The summed E-state index contributed by atoms with van der Waals surface area (Å²) >= 11 is 0. The van der Waals surface area contributed by atoms with Gasteiger partial charge in [0.05, 0.1) is 5.56 Å². The first kappa shape index (κ1) is 21.8. The lowest BCUT2D eigenvalue weighted by Crippen LogP contribution is -2.48. The van der Waals surface area contributed by atoms with Crippen molar-refractivity contribution in [1.29, 1.82) is 0 Å². The van der Waals surface area contributed by atoms with Gasteiger partial charge in [0.2, 0.25) is 0 Å². The van der Waals surface area contributed by atoms with E-state index in [-0.39, 0.29) is 0 Å². The molecular weight excluding hydrogens is 401 g/mol. The van der Waals surface area contributed by atoms with E-state index in [1.165, 1.54) is 29.2 Å². The third kappa shape index (κ3) is 4.98. The van der Waals surface area contributed by atoms with Crippen LogP contribution in [0, 0.1) is 0 Å². The molecule has 2 atom stereocenters. The third-order valence-electron chi connectivity index (χ3n) is 4.94.